The summed E-state index contributed by atoms with van der Waals surface area (Å²) in [6, 6.07) is 0. The molecule has 2 aliphatic rings. The summed E-state index contributed by atoms with van der Waals surface area (Å²) in [5.41, 5.74) is 5.43. The quantitative estimate of drug-likeness (QED) is 0.698. The summed E-state index contributed by atoms with van der Waals surface area (Å²) in [5.74, 6) is 0.228. The molecule has 0 aromatic heterocycles. The van der Waals surface area contributed by atoms with Crippen molar-refractivity contribution in [3.8, 4) is 0 Å². The van der Waals surface area contributed by atoms with Crippen molar-refractivity contribution < 1.29 is 14.6 Å². The maximum atomic E-state index is 12.4. The molecule has 3 N–H and O–H groups in total. The van der Waals surface area contributed by atoms with Gasteiger partial charge < -0.3 is 20.5 Å². The van der Waals surface area contributed by atoms with Gasteiger partial charge in [0.25, 0.3) is 0 Å². The van der Waals surface area contributed by atoms with Crippen LogP contribution in [-0.2, 0) is 9.53 Å². The zero-order valence-corrected chi connectivity index (χ0v) is 10.4. The monoisotopic (exact) mass is 242 g/mol. The molecule has 2 saturated heterocycles. The Hall–Kier alpha value is -0.650. The van der Waals surface area contributed by atoms with Gasteiger partial charge in [-0.05, 0) is 26.2 Å². The van der Waals surface area contributed by atoms with Gasteiger partial charge in [0.1, 0.15) is 0 Å². The molecule has 1 amide bonds. The molecular formula is C12H22N2O3. The van der Waals surface area contributed by atoms with Gasteiger partial charge >= 0.3 is 0 Å². The maximum Gasteiger partial charge on any atom is 0.242 e. The van der Waals surface area contributed by atoms with Gasteiger partial charge in [0.2, 0.25) is 5.91 Å². The molecular weight excluding hydrogens is 220 g/mol. The Labute approximate surface area is 102 Å². The highest BCUT2D eigenvalue weighted by molar-refractivity contribution is 5.86. The minimum atomic E-state index is -0.744. The molecule has 0 spiro atoms. The van der Waals surface area contributed by atoms with E-state index in [-0.39, 0.29) is 17.9 Å². The predicted octanol–water partition coefficient (Wildman–Crippen LogP) is -0.276. The van der Waals surface area contributed by atoms with Crippen LogP contribution in [0.2, 0.25) is 0 Å². The SMILES string of the molecule is CC(O)C1CCN(C(=O)C2(N)CCOCC2)C1. The Bertz CT molecular complexity index is 287. The Balaban J connectivity index is 1.96. The van der Waals surface area contributed by atoms with Crippen molar-refractivity contribution in [1.29, 1.82) is 0 Å². The minimum Gasteiger partial charge on any atom is -0.393 e. The summed E-state index contributed by atoms with van der Waals surface area (Å²) in [6.45, 7) is 4.27. The van der Waals surface area contributed by atoms with Crippen LogP contribution in [0, 0.1) is 5.92 Å². The lowest BCUT2D eigenvalue weighted by Crippen LogP contribution is -2.57. The summed E-state index contributed by atoms with van der Waals surface area (Å²) in [7, 11) is 0. The van der Waals surface area contributed by atoms with Gasteiger partial charge in [-0.15, -0.1) is 0 Å². The fourth-order valence-electron chi connectivity index (χ4n) is 2.63. The molecule has 0 aliphatic carbocycles. The molecule has 2 rings (SSSR count). The number of nitrogens with two attached hydrogens (primary N) is 1. The average Bonchev–Trinajstić information content (AvgIpc) is 2.78. The van der Waals surface area contributed by atoms with E-state index in [2.05, 4.69) is 0 Å². The molecule has 0 bridgehead atoms. The van der Waals surface area contributed by atoms with Crippen LogP contribution >= 0.6 is 0 Å². The normalized spacial score (nSPS) is 30.3. The summed E-state index contributed by atoms with van der Waals surface area (Å²) in [4.78, 5) is 14.2. The van der Waals surface area contributed by atoms with Gasteiger partial charge in [-0.1, -0.05) is 0 Å². The first kappa shape index (κ1) is 12.8. The van der Waals surface area contributed by atoms with Gasteiger partial charge in [0, 0.05) is 32.2 Å². The molecule has 98 valence electrons. The van der Waals surface area contributed by atoms with E-state index in [9.17, 15) is 9.90 Å². The van der Waals surface area contributed by atoms with E-state index in [1.807, 2.05) is 4.90 Å². The number of carbonyl (C=O) groups excluding carboxylic acids is 1. The number of aliphatic hydroxyl groups is 1. The fraction of sp³-hybridized carbons (Fsp3) is 0.917. The first-order chi connectivity index (χ1) is 8.03. The van der Waals surface area contributed by atoms with Gasteiger partial charge in [-0.2, -0.15) is 0 Å². The average molecular weight is 242 g/mol. The van der Waals surface area contributed by atoms with Crippen LogP contribution in [0.3, 0.4) is 0 Å². The van der Waals surface area contributed by atoms with E-state index in [0.717, 1.165) is 6.42 Å². The molecule has 2 aliphatic heterocycles. The standard InChI is InChI=1S/C12H22N2O3/c1-9(15)10-2-5-14(8-10)11(16)12(13)3-6-17-7-4-12/h9-10,15H,2-8,13H2,1H3. The molecule has 2 atom stereocenters. The summed E-state index contributed by atoms with van der Waals surface area (Å²) >= 11 is 0. The van der Waals surface area contributed by atoms with E-state index in [1.165, 1.54) is 0 Å². The highest BCUT2D eigenvalue weighted by Crippen LogP contribution is 2.26. The van der Waals surface area contributed by atoms with E-state index in [0.29, 0.717) is 39.1 Å². The van der Waals surface area contributed by atoms with E-state index in [4.69, 9.17) is 10.5 Å². The smallest absolute Gasteiger partial charge is 0.242 e. The number of nitrogens with zero attached hydrogens (tertiary/aromatic N) is 1. The Morgan fingerprint density at radius 3 is 2.71 bits per heavy atom. The third-order valence-electron chi connectivity index (χ3n) is 4.01. The zero-order valence-electron chi connectivity index (χ0n) is 10.4. The minimum absolute atomic E-state index is 0.0314. The fourth-order valence-corrected chi connectivity index (χ4v) is 2.63. The van der Waals surface area contributed by atoms with E-state index in [1.54, 1.807) is 6.92 Å². The van der Waals surface area contributed by atoms with Crippen LogP contribution in [0.4, 0.5) is 0 Å². The first-order valence-electron chi connectivity index (χ1n) is 6.37. The molecule has 5 nitrogen and oxygen atoms in total. The van der Waals surface area contributed by atoms with Crippen LogP contribution in [-0.4, -0.2) is 53.9 Å². The largest absolute Gasteiger partial charge is 0.393 e. The number of hydrogen-bond acceptors (Lipinski definition) is 4. The van der Waals surface area contributed by atoms with Crippen molar-refractivity contribution in [2.75, 3.05) is 26.3 Å². The van der Waals surface area contributed by atoms with E-state index < -0.39 is 5.54 Å². The van der Waals surface area contributed by atoms with Crippen molar-refractivity contribution in [2.45, 2.75) is 37.8 Å². The molecule has 17 heavy (non-hydrogen) atoms. The lowest BCUT2D eigenvalue weighted by molar-refractivity contribution is -0.139. The highest BCUT2D eigenvalue weighted by atomic mass is 16.5. The number of ether oxygens (including phenoxy) is 1. The second kappa shape index (κ2) is 4.92. The van der Waals surface area contributed by atoms with Crippen LogP contribution in [0.5, 0.6) is 0 Å². The molecule has 0 radical (unpaired) electrons. The van der Waals surface area contributed by atoms with E-state index >= 15 is 0 Å². The van der Waals surface area contributed by atoms with Gasteiger partial charge in [0.05, 0.1) is 11.6 Å². The first-order valence-corrected chi connectivity index (χ1v) is 6.37. The zero-order chi connectivity index (χ0) is 12.5. The second-order valence-corrected chi connectivity index (χ2v) is 5.31. The summed E-state index contributed by atoms with van der Waals surface area (Å²) < 4.78 is 5.25. The summed E-state index contributed by atoms with van der Waals surface area (Å²) in [5, 5.41) is 9.54. The third kappa shape index (κ3) is 2.61. The molecule has 2 heterocycles. The lowest BCUT2D eigenvalue weighted by Gasteiger charge is -2.35. The van der Waals surface area contributed by atoms with Gasteiger partial charge in [0.15, 0.2) is 0 Å². The second-order valence-electron chi connectivity index (χ2n) is 5.31. The van der Waals surface area contributed by atoms with Crippen molar-refractivity contribution in [3.05, 3.63) is 0 Å². The molecule has 2 unspecified atom stereocenters. The summed E-state index contributed by atoms with van der Waals surface area (Å²) in [6.07, 6.45) is 1.72. The van der Waals surface area contributed by atoms with Crippen molar-refractivity contribution in [2.24, 2.45) is 11.7 Å². The number of carbonyl (C=O) groups is 1. The number of hydrogen-bond donors (Lipinski definition) is 2. The van der Waals surface area contributed by atoms with Crippen LogP contribution in [0.1, 0.15) is 26.2 Å². The Kier molecular flexibility index (Phi) is 3.70. The highest BCUT2D eigenvalue weighted by Gasteiger charge is 2.41. The van der Waals surface area contributed by atoms with Crippen molar-refractivity contribution in [3.63, 3.8) is 0 Å². The number of likely N-dealkylation sites (tertiary alicyclic amines) is 1. The Morgan fingerprint density at radius 2 is 2.18 bits per heavy atom. The number of amides is 1. The lowest BCUT2D eigenvalue weighted by atomic mass is 9.90. The third-order valence-corrected chi connectivity index (χ3v) is 4.01. The van der Waals surface area contributed by atoms with Crippen molar-refractivity contribution in [1.82, 2.24) is 4.90 Å². The van der Waals surface area contributed by atoms with Gasteiger partial charge in [-0.25, -0.2) is 0 Å². The van der Waals surface area contributed by atoms with Crippen LogP contribution in [0.25, 0.3) is 0 Å². The number of aliphatic hydroxyl groups excluding tert-OH is 1. The molecule has 0 aromatic carbocycles. The molecule has 0 aromatic rings. The Morgan fingerprint density at radius 1 is 1.53 bits per heavy atom. The van der Waals surface area contributed by atoms with Crippen LogP contribution < -0.4 is 5.73 Å². The topological polar surface area (TPSA) is 75.8 Å². The predicted molar refractivity (Wildman–Crippen MR) is 63.3 cm³/mol. The molecule has 2 fully saturated rings. The maximum absolute atomic E-state index is 12.4. The van der Waals surface area contributed by atoms with Crippen LogP contribution in [0.15, 0.2) is 0 Å². The molecule has 5 heteroatoms. The van der Waals surface area contributed by atoms with Gasteiger partial charge in [-0.3, -0.25) is 4.79 Å². The number of rotatable bonds is 2. The van der Waals surface area contributed by atoms with Crippen molar-refractivity contribution >= 4 is 5.91 Å². The molecule has 0 saturated carbocycles.